The second-order valence-corrected chi connectivity index (χ2v) is 17.0. The van der Waals surface area contributed by atoms with E-state index in [2.05, 4.69) is 31.7 Å². The van der Waals surface area contributed by atoms with Crippen LogP contribution in [0.15, 0.2) is 122 Å². The van der Waals surface area contributed by atoms with Crippen LogP contribution in [-0.4, -0.2) is 75.0 Å². The zero-order valence-corrected chi connectivity index (χ0v) is 32.9. The standard InChI is InChI=1S/C38H28N6O13S3/c1-57-30-9-5-4-8-29(30)42-44-35-33(60(54,55)56)19-21-17-23(11-13-25(21)37(35)46)40-38(47)39-22-10-12-24-20(16-22)18-32(59(51,52)53)34(36(24)45)43-41-28-14-15-31(58(48,49)50)27-7-3-2-6-26(27)28/h2-19,41-42H,1H3,(H2,39,40,47)(H,48,49,50)(H,51,52,53)(H,54,55,56). The number of benzene rings is 5. The minimum Gasteiger partial charge on any atom is -0.495 e. The molecule has 0 saturated carbocycles. The number of carbonyl (C=O) groups is 3. The van der Waals surface area contributed by atoms with Gasteiger partial charge in [0.05, 0.1) is 18.5 Å². The van der Waals surface area contributed by atoms with Crippen molar-refractivity contribution < 1.29 is 58.0 Å². The first-order valence-electron chi connectivity index (χ1n) is 17.0. The maximum atomic E-state index is 13.6. The van der Waals surface area contributed by atoms with Gasteiger partial charge in [-0.05, 0) is 83.9 Å². The molecular weight excluding hydrogens is 845 g/mol. The van der Waals surface area contributed by atoms with Gasteiger partial charge < -0.3 is 15.4 Å². The van der Waals surface area contributed by atoms with E-state index in [-0.39, 0.29) is 50.1 Å². The van der Waals surface area contributed by atoms with Crippen LogP contribution in [-0.2, 0) is 30.4 Å². The summed E-state index contributed by atoms with van der Waals surface area (Å²) in [5, 5.41) is 13.3. The van der Waals surface area contributed by atoms with Gasteiger partial charge >= 0.3 is 6.03 Å². The molecule has 2 aliphatic carbocycles. The first-order valence-corrected chi connectivity index (χ1v) is 21.3. The summed E-state index contributed by atoms with van der Waals surface area (Å²) in [6, 6.07) is 21.7. The van der Waals surface area contributed by atoms with E-state index in [0.29, 0.717) is 11.4 Å². The molecule has 5 aromatic carbocycles. The number of amides is 2. The minimum atomic E-state index is -5.09. The Morgan fingerprint density at radius 2 is 1.07 bits per heavy atom. The van der Waals surface area contributed by atoms with Crippen LogP contribution in [0.4, 0.5) is 27.5 Å². The highest BCUT2D eigenvalue weighted by Crippen LogP contribution is 2.33. The predicted molar refractivity (Wildman–Crippen MR) is 222 cm³/mol. The second-order valence-electron chi connectivity index (χ2n) is 12.8. The lowest BCUT2D eigenvalue weighted by molar-refractivity contribution is 0.105. The van der Waals surface area contributed by atoms with Gasteiger partial charge in [-0.15, -0.1) is 0 Å². The molecule has 0 bridgehead atoms. The highest BCUT2D eigenvalue weighted by molar-refractivity contribution is 7.91. The molecule has 19 nitrogen and oxygen atoms in total. The molecule has 7 rings (SSSR count). The highest BCUT2D eigenvalue weighted by atomic mass is 32.2. The van der Waals surface area contributed by atoms with Gasteiger partial charge in [-0.1, -0.05) is 36.4 Å². The van der Waals surface area contributed by atoms with Crippen LogP contribution in [0.5, 0.6) is 5.75 Å². The molecule has 22 heteroatoms. The van der Waals surface area contributed by atoms with Crippen molar-refractivity contribution >= 4 is 105 Å². The fourth-order valence-electron chi connectivity index (χ4n) is 6.29. The van der Waals surface area contributed by atoms with Gasteiger partial charge in [-0.3, -0.25) is 34.1 Å². The van der Waals surface area contributed by atoms with Gasteiger partial charge in [-0.2, -0.15) is 35.5 Å². The molecule has 0 unspecified atom stereocenters. The molecule has 0 heterocycles. The van der Waals surface area contributed by atoms with Crippen LogP contribution >= 0.6 is 0 Å². The Hall–Kier alpha value is -7.08. The molecule has 60 heavy (non-hydrogen) atoms. The number of nitrogens with zero attached hydrogens (tertiary/aromatic N) is 2. The molecule has 0 saturated heterocycles. The van der Waals surface area contributed by atoms with Gasteiger partial charge in [0, 0.05) is 33.3 Å². The average Bonchev–Trinajstić information content (AvgIpc) is 3.18. The monoisotopic (exact) mass is 872 g/mol. The maximum absolute atomic E-state index is 13.6. The molecule has 2 aliphatic rings. The number of rotatable bonds is 10. The third kappa shape index (κ3) is 8.26. The predicted octanol–water partition coefficient (Wildman–Crippen LogP) is 5.53. The number of para-hydroxylation sites is 2. The fourth-order valence-corrected chi connectivity index (χ4v) is 8.31. The number of ketones is 2. The topological polar surface area (TPSA) is 296 Å². The van der Waals surface area contributed by atoms with Crippen molar-refractivity contribution in [2.24, 2.45) is 10.2 Å². The van der Waals surface area contributed by atoms with Gasteiger partial charge in [0.25, 0.3) is 30.4 Å². The van der Waals surface area contributed by atoms with E-state index in [0.717, 1.165) is 18.2 Å². The second kappa shape index (κ2) is 15.6. The van der Waals surface area contributed by atoms with E-state index in [1.54, 1.807) is 30.3 Å². The number of hydrogen-bond donors (Lipinski definition) is 7. The Morgan fingerprint density at radius 1 is 0.583 bits per heavy atom. The first-order chi connectivity index (χ1) is 28.3. The number of methoxy groups -OCH3 is 1. The minimum absolute atomic E-state index is 0.00349. The summed E-state index contributed by atoms with van der Waals surface area (Å²) >= 11 is 0. The quantitative estimate of drug-likeness (QED) is 0.0671. The molecule has 0 aromatic heterocycles. The normalized spacial score (nSPS) is 15.5. The van der Waals surface area contributed by atoms with E-state index in [4.69, 9.17) is 4.74 Å². The lowest BCUT2D eigenvalue weighted by Gasteiger charge is -2.18. The number of nitrogens with one attached hydrogen (secondary N) is 4. The number of hydrazone groups is 2. The van der Waals surface area contributed by atoms with Crippen molar-refractivity contribution in [1.82, 2.24) is 0 Å². The molecule has 306 valence electrons. The molecule has 0 spiro atoms. The zero-order chi connectivity index (χ0) is 43.1. The number of allylic oxidation sites excluding steroid dienone is 2. The van der Waals surface area contributed by atoms with E-state index >= 15 is 0 Å². The summed E-state index contributed by atoms with van der Waals surface area (Å²) in [7, 11) is -13.3. The van der Waals surface area contributed by atoms with E-state index < -0.39 is 74.1 Å². The summed E-state index contributed by atoms with van der Waals surface area (Å²) in [4.78, 5) is 38.0. The van der Waals surface area contributed by atoms with E-state index in [9.17, 15) is 53.3 Å². The SMILES string of the molecule is COc1ccccc1NN=C1C(=O)c2ccc(NC(=O)Nc3ccc4c(c3)C=C(S(=O)(=O)O)C(=NNc3ccc(S(=O)(=O)O)c5ccccc35)C4=O)cc2C=C1S(=O)(=O)O. The van der Waals surface area contributed by atoms with Crippen molar-refractivity contribution in [1.29, 1.82) is 0 Å². The molecule has 5 aromatic rings. The largest absolute Gasteiger partial charge is 0.495 e. The summed E-state index contributed by atoms with van der Waals surface area (Å²) < 4.78 is 108. The Balaban J connectivity index is 1.12. The van der Waals surface area contributed by atoms with Crippen molar-refractivity contribution in [3.05, 3.63) is 129 Å². The number of urea groups is 1. The van der Waals surface area contributed by atoms with Gasteiger partial charge in [0.2, 0.25) is 11.6 Å². The van der Waals surface area contributed by atoms with Crippen LogP contribution in [0.25, 0.3) is 22.9 Å². The lowest BCUT2D eigenvalue weighted by atomic mass is 9.94. The summed E-state index contributed by atoms with van der Waals surface area (Å²) in [6.07, 6.45) is 1.96. The van der Waals surface area contributed by atoms with E-state index in [1.807, 2.05) is 0 Å². The number of anilines is 4. The maximum Gasteiger partial charge on any atom is 0.323 e. The van der Waals surface area contributed by atoms with Gasteiger partial charge in [-0.25, -0.2) is 4.79 Å². The Kier molecular flexibility index (Phi) is 10.7. The van der Waals surface area contributed by atoms with E-state index in [1.165, 1.54) is 67.8 Å². The lowest BCUT2D eigenvalue weighted by Crippen LogP contribution is -2.27. The molecule has 7 N–H and O–H groups in total. The molecule has 0 aliphatic heterocycles. The third-order valence-electron chi connectivity index (χ3n) is 8.98. The van der Waals surface area contributed by atoms with Crippen LogP contribution in [0, 0.1) is 0 Å². The molecule has 0 radical (unpaired) electrons. The third-order valence-corrected chi connectivity index (χ3v) is 11.6. The number of hydrogen-bond acceptors (Lipinski definition) is 14. The van der Waals surface area contributed by atoms with Gasteiger partial charge in [0.15, 0.2) is 11.4 Å². The molecular formula is C38H28N6O13S3. The Morgan fingerprint density at radius 3 is 1.57 bits per heavy atom. The van der Waals surface area contributed by atoms with Gasteiger partial charge in [0.1, 0.15) is 20.5 Å². The molecule has 2 amide bonds. The highest BCUT2D eigenvalue weighted by Gasteiger charge is 2.35. The summed E-state index contributed by atoms with van der Waals surface area (Å²) in [6.45, 7) is 0. The van der Waals surface area contributed by atoms with Crippen molar-refractivity contribution in [3.63, 3.8) is 0 Å². The number of fused-ring (bicyclic) bond motifs is 3. The first kappa shape index (κ1) is 41.1. The smallest absolute Gasteiger partial charge is 0.323 e. The number of ether oxygens (including phenoxy) is 1. The van der Waals surface area contributed by atoms with Crippen LogP contribution < -0.4 is 26.2 Å². The van der Waals surface area contributed by atoms with Crippen molar-refractivity contribution in [3.8, 4) is 5.75 Å². The van der Waals surface area contributed by atoms with Crippen molar-refractivity contribution in [2.45, 2.75) is 4.90 Å². The average molecular weight is 873 g/mol. The molecule has 0 atom stereocenters. The Bertz CT molecular complexity index is 3180. The summed E-state index contributed by atoms with van der Waals surface area (Å²) in [5.74, 6) is -1.45. The van der Waals surface area contributed by atoms with Crippen molar-refractivity contribution in [2.75, 3.05) is 28.6 Å². The summed E-state index contributed by atoms with van der Waals surface area (Å²) in [5.41, 5.74) is 4.28. The van der Waals surface area contributed by atoms with Crippen LogP contribution in [0.2, 0.25) is 0 Å². The van der Waals surface area contributed by atoms with Crippen LogP contribution in [0.1, 0.15) is 31.8 Å². The Labute approximate surface area is 340 Å². The van der Waals surface area contributed by atoms with Crippen LogP contribution in [0.3, 0.4) is 0 Å². The molecule has 0 fully saturated rings. The zero-order valence-electron chi connectivity index (χ0n) is 30.4. The number of carbonyl (C=O) groups excluding carboxylic acids is 3. The fraction of sp³-hybridized carbons (Fsp3) is 0.0263. The number of Topliss-reactive ketones (excluding diaryl/α,β-unsaturated/α-hetero) is 2.